The van der Waals surface area contributed by atoms with Crippen molar-refractivity contribution in [2.75, 3.05) is 0 Å². The summed E-state index contributed by atoms with van der Waals surface area (Å²) < 4.78 is 26.9. The number of halogens is 2. The molecule has 3 N–H and O–H groups in total. The van der Waals surface area contributed by atoms with Gasteiger partial charge < -0.3 is 11.1 Å². The molecule has 0 bridgehead atoms. The highest BCUT2D eigenvalue weighted by Crippen LogP contribution is 2.26. The molecule has 2 atom stereocenters. The predicted octanol–water partition coefficient (Wildman–Crippen LogP) is 1.65. The van der Waals surface area contributed by atoms with Gasteiger partial charge >= 0.3 is 6.03 Å². The summed E-state index contributed by atoms with van der Waals surface area (Å²) in [5, 5.41) is 2.34. The van der Waals surface area contributed by atoms with Crippen LogP contribution in [0.1, 0.15) is 17.2 Å². The van der Waals surface area contributed by atoms with Gasteiger partial charge in [-0.2, -0.15) is 0 Å². The fourth-order valence-corrected chi connectivity index (χ4v) is 2.91. The van der Waals surface area contributed by atoms with Crippen molar-refractivity contribution in [1.82, 2.24) is 10.2 Å². The Morgan fingerprint density at radius 2 is 1.73 bits per heavy atom. The molecule has 1 aliphatic rings. The first-order valence-corrected chi connectivity index (χ1v) is 7.79. The highest BCUT2D eigenvalue weighted by Gasteiger charge is 2.44. The van der Waals surface area contributed by atoms with Crippen LogP contribution in [0, 0.1) is 11.6 Å². The van der Waals surface area contributed by atoms with E-state index in [-0.39, 0.29) is 12.0 Å². The molecule has 2 aromatic carbocycles. The minimum atomic E-state index is -1.29. The number of imide groups is 1. The highest BCUT2D eigenvalue weighted by atomic mass is 19.1. The van der Waals surface area contributed by atoms with Crippen LogP contribution in [0.15, 0.2) is 48.5 Å². The summed E-state index contributed by atoms with van der Waals surface area (Å²) in [4.78, 5) is 37.5. The Bertz CT molecular complexity index is 853. The van der Waals surface area contributed by atoms with Crippen LogP contribution in [0.5, 0.6) is 0 Å². The molecule has 134 valence electrons. The molecule has 8 heteroatoms. The van der Waals surface area contributed by atoms with E-state index in [0.717, 1.165) is 12.1 Å². The Hall–Kier alpha value is -3.29. The molecule has 1 aliphatic heterocycles. The number of amides is 4. The first-order chi connectivity index (χ1) is 12.4. The zero-order valence-corrected chi connectivity index (χ0v) is 13.5. The van der Waals surface area contributed by atoms with Crippen molar-refractivity contribution in [1.29, 1.82) is 0 Å². The van der Waals surface area contributed by atoms with Gasteiger partial charge in [0.25, 0.3) is 5.91 Å². The summed E-state index contributed by atoms with van der Waals surface area (Å²) in [6.45, 7) is 0. The topological polar surface area (TPSA) is 92.5 Å². The Kier molecular flexibility index (Phi) is 4.66. The van der Waals surface area contributed by atoms with Crippen LogP contribution in [0.25, 0.3) is 0 Å². The second-order valence-corrected chi connectivity index (χ2v) is 5.90. The van der Waals surface area contributed by atoms with Crippen LogP contribution in [-0.2, 0) is 16.0 Å². The van der Waals surface area contributed by atoms with Crippen LogP contribution in [0.4, 0.5) is 13.6 Å². The number of carbonyl (C=O) groups is 3. The van der Waals surface area contributed by atoms with Crippen LogP contribution in [-0.4, -0.2) is 28.8 Å². The highest BCUT2D eigenvalue weighted by molar-refractivity contribution is 6.07. The van der Waals surface area contributed by atoms with E-state index in [1.165, 1.54) is 0 Å². The molecule has 4 amide bonds. The Labute approximate surface area is 147 Å². The van der Waals surface area contributed by atoms with E-state index in [9.17, 15) is 23.2 Å². The standard InChI is InChI=1S/C18H15F2N3O3/c19-12-7-11(8-13(20)9-12)15-17(25)23(18(26)22-15)14(16(21)24)6-10-4-2-1-3-5-10/h1-5,7-9,14-15H,6H2,(H2,21,24)(H,22,26)/t14-,15?/m0/s1. The minimum Gasteiger partial charge on any atom is -0.368 e. The van der Waals surface area contributed by atoms with Crippen molar-refractivity contribution >= 4 is 17.8 Å². The largest absolute Gasteiger partial charge is 0.368 e. The summed E-state index contributed by atoms with van der Waals surface area (Å²) in [7, 11) is 0. The normalized spacial score (nSPS) is 17.9. The molecule has 1 unspecified atom stereocenters. The number of nitrogens with zero attached hydrogens (tertiary/aromatic N) is 1. The molecule has 1 fully saturated rings. The van der Waals surface area contributed by atoms with Crippen molar-refractivity contribution in [3.05, 3.63) is 71.3 Å². The monoisotopic (exact) mass is 359 g/mol. The number of hydrogen-bond acceptors (Lipinski definition) is 3. The minimum absolute atomic E-state index is 0.0412. The Morgan fingerprint density at radius 3 is 2.31 bits per heavy atom. The zero-order chi connectivity index (χ0) is 18.8. The van der Waals surface area contributed by atoms with E-state index in [1.54, 1.807) is 30.3 Å². The zero-order valence-electron chi connectivity index (χ0n) is 13.5. The van der Waals surface area contributed by atoms with Crippen molar-refractivity contribution < 1.29 is 23.2 Å². The van der Waals surface area contributed by atoms with Gasteiger partial charge in [0, 0.05) is 12.5 Å². The van der Waals surface area contributed by atoms with E-state index in [0.29, 0.717) is 16.5 Å². The van der Waals surface area contributed by atoms with Crippen molar-refractivity contribution in [3.8, 4) is 0 Å². The summed E-state index contributed by atoms with van der Waals surface area (Å²) in [5.74, 6) is -3.41. The fourth-order valence-electron chi connectivity index (χ4n) is 2.91. The number of benzene rings is 2. The maximum absolute atomic E-state index is 13.4. The number of nitrogens with one attached hydrogen (secondary N) is 1. The van der Waals surface area contributed by atoms with Gasteiger partial charge in [0.2, 0.25) is 5.91 Å². The lowest BCUT2D eigenvalue weighted by atomic mass is 10.0. The smallest absolute Gasteiger partial charge is 0.325 e. The average Bonchev–Trinajstić information content (AvgIpc) is 2.87. The average molecular weight is 359 g/mol. The molecule has 3 rings (SSSR count). The van der Waals surface area contributed by atoms with Gasteiger partial charge in [-0.15, -0.1) is 0 Å². The second-order valence-electron chi connectivity index (χ2n) is 5.90. The first kappa shape index (κ1) is 17.5. The summed E-state index contributed by atoms with van der Waals surface area (Å²) in [6, 6.07) is 7.95. The predicted molar refractivity (Wildman–Crippen MR) is 87.6 cm³/mol. The van der Waals surface area contributed by atoms with E-state index in [4.69, 9.17) is 5.73 Å². The number of hydrogen-bond donors (Lipinski definition) is 2. The van der Waals surface area contributed by atoms with Gasteiger partial charge in [-0.05, 0) is 23.3 Å². The fraction of sp³-hybridized carbons (Fsp3) is 0.167. The van der Waals surface area contributed by atoms with Gasteiger partial charge in [-0.25, -0.2) is 18.5 Å². The quantitative estimate of drug-likeness (QED) is 0.795. The van der Waals surface area contributed by atoms with Crippen LogP contribution in [0.2, 0.25) is 0 Å². The van der Waals surface area contributed by atoms with Gasteiger partial charge in [-0.1, -0.05) is 30.3 Å². The third-order valence-corrected chi connectivity index (χ3v) is 4.10. The van der Waals surface area contributed by atoms with Gasteiger partial charge in [0.1, 0.15) is 23.7 Å². The van der Waals surface area contributed by atoms with Crippen LogP contribution in [0.3, 0.4) is 0 Å². The summed E-state index contributed by atoms with van der Waals surface area (Å²) in [6.07, 6.45) is 0.0412. The number of urea groups is 1. The Balaban J connectivity index is 1.90. The number of nitrogens with two attached hydrogens (primary N) is 1. The van der Waals surface area contributed by atoms with E-state index < -0.39 is 41.6 Å². The number of rotatable bonds is 5. The molecule has 1 heterocycles. The lowest BCUT2D eigenvalue weighted by molar-refractivity contribution is -0.134. The third-order valence-electron chi connectivity index (χ3n) is 4.10. The van der Waals surface area contributed by atoms with Crippen LogP contribution >= 0.6 is 0 Å². The molecule has 0 spiro atoms. The molecule has 6 nitrogen and oxygen atoms in total. The third kappa shape index (κ3) is 3.39. The molecule has 26 heavy (non-hydrogen) atoms. The molecule has 0 saturated carbocycles. The SMILES string of the molecule is NC(=O)[C@H](Cc1ccccc1)N1C(=O)NC(c2cc(F)cc(F)c2)C1=O. The van der Waals surface area contributed by atoms with Gasteiger partial charge in [-0.3, -0.25) is 9.59 Å². The molecule has 0 aromatic heterocycles. The molecular weight excluding hydrogens is 344 g/mol. The van der Waals surface area contributed by atoms with Gasteiger partial charge in [0.15, 0.2) is 0 Å². The van der Waals surface area contributed by atoms with Crippen LogP contribution < -0.4 is 11.1 Å². The number of carbonyl (C=O) groups excluding carboxylic acids is 3. The number of primary amides is 1. The summed E-state index contributed by atoms with van der Waals surface area (Å²) in [5.41, 5.74) is 6.04. The second kappa shape index (κ2) is 6.91. The maximum Gasteiger partial charge on any atom is 0.325 e. The van der Waals surface area contributed by atoms with Gasteiger partial charge in [0.05, 0.1) is 0 Å². The van der Waals surface area contributed by atoms with E-state index in [2.05, 4.69) is 5.32 Å². The Morgan fingerprint density at radius 1 is 1.12 bits per heavy atom. The lowest BCUT2D eigenvalue weighted by Crippen LogP contribution is -2.49. The molecule has 1 saturated heterocycles. The lowest BCUT2D eigenvalue weighted by Gasteiger charge is -2.22. The molecule has 0 aliphatic carbocycles. The molecule has 0 radical (unpaired) electrons. The summed E-state index contributed by atoms with van der Waals surface area (Å²) >= 11 is 0. The van der Waals surface area contributed by atoms with E-state index >= 15 is 0 Å². The molecular formula is C18H15F2N3O3. The van der Waals surface area contributed by atoms with Crippen molar-refractivity contribution in [2.45, 2.75) is 18.5 Å². The van der Waals surface area contributed by atoms with Crippen molar-refractivity contribution in [3.63, 3.8) is 0 Å². The maximum atomic E-state index is 13.4. The first-order valence-electron chi connectivity index (χ1n) is 7.79. The van der Waals surface area contributed by atoms with E-state index in [1.807, 2.05) is 0 Å². The van der Waals surface area contributed by atoms with Crippen molar-refractivity contribution in [2.24, 2.45) is 5.73 Å². The molecule has 2 aromatic rings.